The Morgan fingerprint density at radius 3 is 2.71 bits per heavy atom. The molecule has 24 heavy (non-hydrogen) atoms. The average molecular weight is 374 g/mol. The number of ether oxygens (including phenoxy) is 1. The van der Waals surface area contributed by atoms with Crippen molar-refractivity contribution in [2.45, 2.75) is 19.4 Å². The van der Waals surface area contributed by atoms with Crippen molar-refractivity contribution in [3.8, 4) is 0 Å². The minimum Gasteiger partial charge on any atom is -0.454 e. The van der Waals surface area contributed by atoms with Crippen molar-refractivity contribution in [3.63, 3.8) is 0 Å². The van der Waals surface area contributed by atoms with Crippen LogP contribution in [-0.4, -0.2) is 42.6 Å². The standard InChI is InChI=1S/C15H20ClN3O4S/c1-9-3-4-10(16)7-12(9)18-13(20)8-23-14(21)11(5-6-24-2)19-15(17)22/h3-4,7,11H,5-6,8H2,1-2H3,(H,18,20)(H3,17,19,22)/t11-/m1/s1. The van der Waals surface area contributed by atoms with E-state index in [1.807, 2.05) is 13.2 Å². The van der Waals surface area contributed by atoms with Crippen molar-refractivity contribution in [1.82, 2.24) is 5.32 Å². The molecule has 1 rings (SSSR count). The monoisotopic (exact) mass is 373 g/mol. The van der Waals surface area contributed by atoms with Crippen LogP contribution in [0.4, 0.5) is 10.5 Å². The van der Waals surface area contributed by atoms with Gasteiger partial charge in [-0.1, -0.05) is 17.7 Å². The van der Waals surface area contributed by atoms with Crippen molar-refractivity contribution in [1.29, 1.82) is 0 Å². The summed E-state index contributed by atoms with van der Waals surface area (Å²) in [6, 6.07) is 3.37. The summed E-state index contributed by atoms with van der Waals surface area (Å²) in [6.07, 6.45) is 2.23. The van der Waals surface area contributed by atoms with Gasteiger partial charge in [0.25, 0.3) is 5.91 Å². The second kappa shape index (κ2) is 10.0. The number of nitrogens with two attached hydrogens (primary N) is 1. The average Bonchev–Trinajstić information content (AvgIpc) is 2.52. The molecule has 7 nitrogen and oxygen atoms in total. The summed E-state index contributed by atoms with van der Waals surface area (Å²) in [5, 5.41) is 5.40. The van der Waals surface area contributed by atoms with E-state index in [0.29, 0.717) is 22.9 Å². The third-order valence-electron chi connectivity index (χ3n) is 3.03. The molecule has 0 aromatic heterocycles. The molecule has 0 heterocycles. The predicted molar refractivity (Wildman–Crippen MR) is 95.3 cm³/mol. The predicted octanol–water partition coefficient (Wildman–Crippen LogP) is 1.92. The fraction of sp³-hybridized carbons (Fsp3) is 0.400. The van der Waals surface area contributed by atoms with Crippen LogP contribution in [0.5, 0.6) is 0 Å². The highest BCUT2D eigenvalue weighted by Gasteiger charge is 2.22. The van der Waals surface area contributed by atoms with Gasteiger partial charge in [0, 0.05) is 10.7 Å². The molecular weight excluding hydrogens is 354 g/mol. The Kier molecular flexibility index (Phi) is 8.42. The number of carbonyl (C=O) groups is 3. The molecule has 0 bridgehead atoms. The van der Waals surface area contributed by atoms with Gasteiger partial charge < -0.3 is 21.1 Å². The Hall–Kier alpha value is -1.93. The molecule has 0 radical (unpaired) electrons. The lowest BCUT2D eigenvalue weighted by Crippen LogP contribution is -2.45. The van der Waals surface area contributed by atoms with E-state index >= 15 is 0 Å². The van der Waals surface area contributed by atoms with Gasteiger partial charge in [-0.05, 0) is 43.0 Å². The second-order valence-electron chi connectivity index (χ2n) is 4.96. The molecule has 0 aliphatic heterocycles. The first kappa shape index (κ1) is 20.1. The number of primary amides is 1. The maximum atomic E-state index is 12.0. The van der Waals surface area contributed by atoms with E-state index in [0.717, 1.165) is 5.56 Å². The summed E-state index contributed by atoms with van der Waals surface area (Å²) in [5.74, 6) is -0.578. The summed E-state index contributed by atoms with van der Waals surface area (Å²) in [7, 11) is 0. The van der Waals surface area contributed by atoms with Gasteiger partial charge >= 0.3 is 12.0 Å². The number of aryl methyl sites for hydroxylation is 1. The number of amides is 3. The smallest absolute Gasteiger partial charge is 0.329 e. The maximum absolute atomic E-state index is 12.0. The van der Waals surface area contributed by atoms with E-state index in [1.54, 1.807) is 18.2 Å². The number of anilines is 1. The van der Waals surface area contributed by atoms with Crippen LogP contribution in [0.3, 0.4) is 0 Å². The second-order valence-corrected chi connectivity index (χ2v) is 6.38. The summed E-state index contributed by atoms with van der Waals surface area (Å²) < 4.78 is 4.94. The molecule has 0 spiro atoms. The molecular formula is C15H20ClN3O4S. The highest BCUT2D eigenvalue weighted by molar-refractivity contribution is 7.98. The molecule has 0 aliphatic rings. The third kappa shape index (κ3) is 7.10. The van der Waals surface area contributed by atoms with Crippen LogP contribution in [0.25, 0.3) is 0 Å². The number of urea groups is 1. The molecule has 1 aromatic rings. The summed E-state index contributed by atoms with van der Waals surface area (Å²) in [6.45, 7) is 1.34. The Labute approximate surface area is 149 Å². The van der Waals surface area contributed by atoms with Crippen molar-refractivity contribution in [2.24, 2.45) is 5.73 Å². The number of carbonyl (C=O) groups excluding carboxylic acids is 3. The number of hydrogen-bond donors (Lipinski definition) is 3. The first-order valence-electron chi connectivity index (χ1n) is 7.11. The molecule has 132 valence electrons. The van der Waals surface area contributed by atoms with Gasteiger partial charge in [0.05, 0.1) is 0 Å². The summed E-state index contributed by atoms with van der Waals surface area (Å²) >= 11 is 7.39. The molecule has 0 aliphatic carbocycles. The lowest BCUT2D eigenvalue weighted by molar-refractivity contribution is -0.149. The Morgan fingerprint density at radius 1 is 1.38 bits per heavy atom. The topological polar surface area (TPSA) is 111 Å². The van der Waals surface area contributed by atoms with E-state index < -0.39 is 30.6 Å². The normalized spacial score (nSPS) is 11.5. The van der Waals surface area contributed by atoms with Gasteiger partial charge in [0.15, 0.2) is 6.61 Å². The molecule has 0 fully saturated rings. The van der Waals surface area contributed by atoms with Crippen LogP contribution in [0.2, 0.25) is 5.02 Å². The van der Waals surface area contributed by atoms with Gasteiger partial charge in [0.1, 0.15) is 6.04 Å². The van der Waals surface area contributed by atoms with E-state index in [4.69, 9.17) is 22.1 Å². The number of hydrogen-bond acceptors (Lipinski definition) is 5. The number of halogens is 1. The van der Waals surface area contributed by atoms with Crippen LogP contribution in [-0.2, 0) is 14.3 Å². The zero-order valence-electron chi connectivity index (χ0n) is 13.4. The van der Waals surface area contributed by atoms with Gasteiger partial charge in [0.2, 0.25) is 0 Å². The summed E-state index contributed by atoms with van der Waals surface area (Å²) in [4.78, 5) is 34.8. The molecule has 0 unspecified atom stereocenters. The number of nitrogens with one attached hydrogen (secondary N) is 2. The largest absolute Gasteiger partial charge is 0.454 e. The lowest BCUT2D eigenvalue weighted by Gasteiger charge is -2.16. The van der Waals surface area contributed by atoms with Crippen LogP contribution in [0, 0.1) is 6.92 Å². The van der Waals surface area contributed by atoms with Gasteiger partial charge in [-0.3, -0.25) is 4.79 Å². The molecule has 4 N–H and O–H groups in total. The van der Waals surface area contributed by atoms with Gasteiger partial charge in [-0.25, -0.2) is 9.59 Å². The Balaban J connectivity index is 2.55. The van der Waals surface area contributed by atoms with E-state index in [1.165, 1.54) is 11.8 Å². The molecule has 9 heteroatoms. The Bertz CT molecular complexity index is 612. The Morgan fingerprint density at radius 2 is 2.08 bits per heavy atom. The molecule has 1 aromatic carbocycles. The number of rotatable bonds is 8. The SMILES string of the molecule is CSCC[C@@H](NC(N)=O)C(=O)OCC(=O)Nc1cc(Cl)ccc1C. The van der Waals surface area contributed by atoms with Crippen molar-refractivity contribution < 1.29 is 19.1 Å². The van der Waals surface area contributed by atoms with Gasteiger partial charge in [-0.2, -0.15) is 11.8 Å². The minimum atomic E-state index is -0.879. The number of benzene rings is 1. The van der Waals surface area contributed by atoms with Crippen molar-refractivity contribution in [3.05, 3.63) is 28.8 Å². The molecule has 1 atom stereocenters. The fourth-order valence-corrected chi connectivity index (χ4v) is 2.45. The number of esters is 1. The van der Waals surface area contributed by atoms with Gasteiger partial charge in [-0.15, -0.1) is 0 Å². The van der Waals surface area contributed by atoms with Crippen LogP contribution >= 0.6 is 23.4 Å². The van der Waals surface area contributed by atoms with Crippen LogP contribution < -0.4 is 16.4 Å². The molecule has 0 saturated heterocycles. The summed E-state index contributed by atoms with van der Waals surface area (Å²) in [5.41, 5.74) is 6.40. The maximum Gasteiger partial charge on any atom is 0.329 e. The zero-order chi connectivity index (χ0) is 18.1. The minimum absolute atomic E-state index is 0.359. The quantitative estimate of drug-likeness (QED) is 0.603. The van der Waals surface area contributed by atoms with Crippen LogP contribution in [0.1, 0.15) is 12.0 Å². The lowest BCUT2D eigenvalue weighted by atomic mass is 10.2. The fourth-order valence-electron chi connectivity index (χ4n) is 1.81. The van der Waals surface area contributed by atoms with Crippen molar-refractivity contribution >= 4 is 47.0 Å². The van der Waals surface area contributed by atoms with E-state index in [9.17, 15) is 14.4 Å². The van der Waals surface area contributed by atoms with E-state index in [2.05, 4.69) is 10.6 Å². The third-order valence-corrected chi connectivity index (χ3v) is 3.91. The first-order chi connectivity index (χ1) is 11.3. The number of thioether (sulfide) groups is 1. The van der Waals surface area contributed by atoms with Crippen LogP contribution in [0.15, 0.2) is 18.2 Å². The highest BCUT2D eigenvalue weighted by atomic mass is 35.5. The molecule has 0 saturated carbocycles. The van der Waals surface area contributed by atoms with E-state index in [-0.39, 0.29) is 0 Å². The highest BCUT2D eigenvalue weighted by Crippen LogP contribution is 2.20. The van der Waals surface area contributed by atoms with Crippen molar-refractivity contribution in [2.75, 3.05) is 23.9 Å². The first-order valence-corrected chi connectivity index (χ1v) is 8.88. The molecule has 3 amide bonds. The zero-order valence-corrected chi connectivity index (χ0v) is 15.0.